The maximum Gasteiger partial charge on any atom is 0.242 e. The van der Waals surface area contributed by atoms with Crippen LogP contribution in [0.4, 0.5) is 4.39 Å². The zero-order valence-corrected chi connectivity index (χ0v) is 19.0. The van der Waals surface area contributed by atoms with Crippen molar-refractivity contribution in [3.8, 4) is 11.5 Å². The van der Waals surface area contributed by atoms with E-state index in [1.165, 1.54) is 12.1 Å². The molecule has 6 nitrogen and oxygen atoms in total. The molecule has 1 fully saturated rings. The molecule has 1 saturated carbocycles. The minimum absolute atomic E-state index is 0.122. The highest BCUT2D eigenvalue weighted by atomic mass is 19.1. The lowest BCUT2D eigenvalue weighted by Crippen LogP contribution is -2.49. The molecule has 0 aromatic heterocycles. The molecule has 2 amide bonds. The minimum Gasteiger partial charge on any atom is -0.486 e. The fraction of sp³-hybridized carbons (Fsp3) is 0.462. The van der Waals surface area contributed by atoms with E-state index in [1.54, 1.807) is 24.0 Å². The van der Waals surface area contributed by atoms with Gasteiger partial charge in [-0.3, -0.25) is 9.59 Å². The van der Waals surface area contributed by atoms with Crippen LogP contribution in [0.2, 0.25) is 0 Å². The number of carbonyl (C=O) groups excluding carboxylic acids is 2. The van der Waals surface area contributed by atoms with Gasteiger partial charge in [0.25, 0.3) is 0 Å². The summed E-state index contributed by atoms with van der Waals surface area (Å²) >= 11 is 0. The smallest absolute Gasteiger partial charge is 0.242 e. The Kier molecular flexibility index (Phi) is 7.47. The molecule has 1 heterocycles. The molecule has 2 aliphatic rings. The Labute approximate surface area is 194 Å². The van der Waals surface area contributed by atoms with Crippen LogP contribution in [-0.2, 0) is 22.6 Å². The van der Waals surface area contributed by atoms with Gasteiger partial charge in [-0.15, -0.1) is 0 Å². The summed E-state index contributed by atoms with van der Waals surface area (Å²) in [6.07, 6.45) is 4.97. The van der Waals surface area contributed by atoms with E-state index < -0.39 is 6.04 Å². The Morgan fingerprint density at radius 1 is 1.03 bits per heavy atom. The van der Waals surface area contributed by atoms with Gasteiger partial charge < -0.3 is 19.7 Å². The van der Waals surface area contributed by atoms with Crippen LogP contribution in [0.25, 0.3) is 0 Å². The maximum atomic E-state index is 13.4. The number of hydrogen-bond acceptors (Lipinski definition) is 4. The number of nitrogens with zero attached hydrogens (tertiary/aromatic N) is 1. The Bertz CT molecular complexity index is 973. The van der Waals surface area contributed by atoms with E-state index in [1.807, 2.05) is 18.2 Å². The third-order valence-electron chi connectivity index (χ3n) is 6.37. The van der Waals surface area contributed by atoms with Crippen molar-refractivity contribution in [2.75, 3.05) is 13.2 Å². The first-order chi connectivity index (χ1) is 16.0. The molecule has 1 N–H and O–H groups in total. The summed E-state index contributed by atoms with van der Waals surface area (Å²) in [5.41, 5.74) is 1.75. The molecule has 0 spiro atoms. The van der Waals surface area contributed by atoms with Crippen molar-refractivity contribution in [3.63, 3.8) is 0 Å². The van der Waals surface area contributed by atoms with Gasteiger partial charge in [-0.2, -0.15) is 0 Å². The fourth-order valence-electron chi connectivity index (χ4n) is 4.40. The number of carbonyl (C=O) groups is 2. The predicted molar refractivity (Wildman–Crippen MR) is 123 cm³/mol. The molecule has 176 valence electrons. The Hall–Kier alpha value is -3.09. The summed E-state index contributed by atoms with van der Waals surface area (Å²) in [4.78, 5) is 27.8. The molecule has 0 bridgehead atoms. The summed E-state index contributed by atoms with van der Waals surface area (Å²) in [7, 11) is 0. The molecule has 0 unspecified atom stereocenters. The van der Waals surface area contributed by atoms with Crippen molar-refractivity contribution in [3.05, 3.63) is 59.4 Å². The summed E-state index contributed by atoms with van der Waals surface area (Å²) < 4.78 is 24.6. The number of aryl methyl sites for hydroxylation is 1. The van der Waals surface area contributed by atoms with E-state index in [-0.39, 0.29) is 36.6 Å². The van der Waals surface area contributed by atoms with Crippen LogP contribution in [0, 0.1) is 5.82 Å². The van der Waals surface area contributed by atoms with Crippen LogP contribution in [0.3, 0.4) is 0 Å². The van der Waals surface area contributed by atoms with E-state index in [9.17, 15) is 14.0 Å². The standard InChI is InChI=1S/C26H31FN2O4/c1-18(26(31)28-22-4-2-3-5-22)29(17-20-6-10-21(27)11-7-20)25(30)13-9-19-8-12-23-24(16-19)33-15-14-32-23/h6-8,10-12,16,18,22H,2-5,9,13-15,17H2,1H3,(H,28,31)/t18-/m0/s1. The second-order valence-electron chi connectivity index (χ2n) is 8.79. The van der Waals surface area contributed by atoms with Gasteiger partial charge in [0.15, 0.2) is 11.5 Å². The largest absolute Gasteiger partial charge is 0.486 e. The number of fused-ring (bicyclic) bond motifs is 1. The van der Waals surface area contributed by atoms with Crippen molar-refractivity contribution in [2.24, 2.45) is 0 Å². The van der Waals surface area contributed by atoms with Crippen molar-refractivity contribution in [2.45, 2.75) is 64.1 Å². The molecular formula is C26H31FN2O4. The van der Waals surface area contributed by atoms with E-state index in [0.717, 1.165) is 36.8 Å². The van der Waals surface area contributed by atoms with Gasteiger partial charge in [0.05, 0.1) is 0 Å². The van der Waals surface area contributed by atoms with Crippen LogP contribution in [-0.4, -0.2) is 42.0 Å². The molecule has 0 radical (unpaired) electrons. The summed E-state index contributed by atoms with van der Waals surface area (Å²) in [5, 5.41) is 3.09. The molecule has 1 atom stereocenters. The van der Waals surface area contributed by atoms with Crippen molar-refractivity contribution in [1.82, 2.24) is 10.2 Å². The third kappa shape index (κ3) is 6.03. The number of ether oxygens (including phenoxy) is 2. The molecular weight excluding hydrogens is 423 g/mol. The second kappa shape index (κ2) is 10.7. The first-order valence-corrected chi connectivity index (χ1v) is 11.7. The van der Waals surface area contributed by atoms with E-state index in [2.05, 4.69) is 5.32 Å². The van der Waals surface area contributed by atoms with Gasteiger partial charge in [0, 0.05) is 19.0 Å². The zero-order valence-electron chi connectivity index (χ0n) is 19.0. The molecule has 7 heteroatoms. The lowest BCUT2D eigenvalue weighted by Gasteiger charge is -2.30. The summed E-state index contributed by atoms with van der Waals surface area (Å²) in [5.74, 6) is 0.812. The highest BCUT2D eigenvalue weighted by molar-refractivity contribution is 5.87. The van der Waals surface area contributed by atoms with Crippen LogP contribution >= 0.6 is 0 Å². The molecule has 4 rings (SSSR count). The number of rotatable bonds is 8. The highest BCUT2D eigenvalue weighted by Crippen LogP contribution is 2.31. The SMILES string of the molecule is C[C@@H](C(=O)NC1CCCC1)N(Cc1ccc(F)cc1)C(=O)CCc1ccc2c(c1)OCCO2. The molecule has 2 aromatic rings. The normalized spacial score (nSPS) is 16.3. The summed E-state index contributed by atoms with van der Waals surface area (Å²) in [6, 6.07) is 11.3. The number of amides is 2. The Morgan fingerprint density at radius 2 is 1.70 bits per heavy atom. The first kappa shape index (κ1) is 23.1. The van der Waals surface area contributed by atoms with Crippen molar-refractivity contribution in [1.29, 1.82) is 0 Å². The van der Waals surface area contributed by atoms with Gasteiger partial charge in [-0.25, -0.2) is 4.39 Å². The Balaban J connectivity index is 1.44. The van der Waals surface area contributed by atoms with Gasteiger partial charge >= 0.3 is 0 Å². The minimum atomic E-state index is -0.622. The van der Waals surface area contributed by atoms with E-state index >= 15 is 0 Å². The fourth-order valence-corrected chi connectivity index (χ4v) is 4.40. The topological polar surface area (TPSA) is 67.9 Å². The first-order valence-electron chi connectivity index (χ1n) is 11.7. The van der Waals surface area contributed by atoms with Gasteiger partial charge in [0.1, 0.15) is 25.1 Å². The predicted octanol–water partition coefficient (Wildman–Crippen LogP) is 4.01. The number of nitrogens with one attached hydrogen (secondary N) is 1. The highest BCUT2D eigenvalue weighted by Gasteiger charge is 2.28. The van der Waals surface area contributed by atoms with Gasteiger partial charge in [0.2, 0.25) is 11.8 Å². The molecule has 1 aliphatic carbocycles. The number of benzene rings is 2. The van der Waals surface area contributed by atoms with Crippen LogP contribution in [0.5, 0.6) is 11.5 Å². The molecule has 1 aliphatic heterocycles. The van der Waals surface area contributed by atoms with Crippen LogP contribution in [0.15, 0.2) is 42.5 Å². The van der Waals surface area contributed by atoms with E-state index in [4.69, 9.17) is 9.47 Å². The van der Waals surface area contributed by atoms with Crippen LogP contribution < -0.4 is 14.8 Å². The van der Waals surface area contributed by atoms with Crippen LogP contribution in [0.1, 0.15) is 50.2 Å². The lowest BCUT2D eigenvalue weighted by molar-refractivity contribution is -0.140. The van der Waals surface area contributed by atoms with Crippen molar-refractivity contribution >= 4 is 11.8 Å². The maximum absolute atomic E-state index is 13.4. The zero-order chi connectivity index (χ0) is 23.2. The molecule has 0 saturated heterocycles. The van der Waals surface area contributed by atoms with Crippen molar-refractivity contribution < 1.29 is 23.5 Å². The number of hydrogen-bond donors (Lipinski definition) is 1. The van der Waals surface area contributed by atoms with Gasteiger partial charge in [-0.1, -0.05) is 31.0 Å². The second-order valence-corrected chi connectivity index (χ2v) is 8.79. The Morgan fingerprint density at radius 3 is 2.42 bits per heavy atom. The number of halogens is 1. The molecule has 33 heavy (non-hydrogen) atoms. The third-order valence-corrected chi connectivity index (χ3v) is 6.37. The average Bonchev–Trinajstić information content (AvgIpc) is 3.34. The monoisotopic (exact) mass is 454 g/mol. The summed E-state index contributed by atoms with van der Waals surface area (Å²) in [6.45, 7) is 3.05. The average molecular weight is 455 g/mol. The lowest BCUT2D eigenvalue weighted by atomic mass is 10.1. The molecule has 2 aromatic carbocycles. The quantitative estimate of drug-likeness (QED) is 0.655. The van der Waals surface area contributed by atoms with E-state index in [0.29, 0.717) is 31.1 Å². The van der Waals surface area contributed by atoms with Gasteiger partial charge in [-0.05, 0) is 61.6 Å².